The van der Waals surface area contributed by atoms with Crippen LogP contribution in [-0.4, -0.2) is 39.0 Å². The number of likely N-dealkylation sites (tertiary alicyclic amines) is 1. The van der Waals surface area contributed by atoms with Gasteiger partial charge in [-0.2, -0.15) is 9.37 Å². The normalized spacial score (nSPS) is 16.9. The molecular formula is C19H17FN4O3. The minimum Gasteiger partial charge on any atom is -0.422 e. The Morgan fingerprint density at radius 2 is 2.11 bits per heavy atom. The number of halogens is 1. The predicted molar refractivity (Wildman–Crippen MR) is 92.9 cm³/mol. The molecule has 1 aliphatic heterocycles. The first kappa shape index (κ1) is 17.1. The number of benzene rings is 1. The van der Waals surface area contributed by atoms with E-state index < -0.39 is 5.95 Å². The van der Waals surface area contributed by atoms with Crippen molar-refractivity contribution in [2.75, 3.05) is 13.1 Å². The van der Waals surface area contributed by atoms with Gasteiger partial charge < -0.3 is 14.2 Å². The van der Waals surface area contributed by atoms with E-state index in [0.717, 1.165) is 18.9 Å². The molecule has 27 heavy (non-hydrogen) atoms. The molecule has 1 fully saturated rings. The molecule has 0 saturated carbocycles. The second-order valence-electron chi connectivity index (χ2n) is 6.29. The van der Waals surface area contributed by atoms with Crippen LogP contribution in [0.1, 0.15) is 35.0 Å². The maximum absolute atomic E-state index is 13.3. The molecule has 0 aliphatic carbocycles. The molecule has 7 nitrogen and oxygen atoms in total. The maximum atomic E-state index is 13.3. The van der Waals surface area contributed by atoms with Gasteiger partial charge in [0.15, 0.2) is 0 Å². The smallest absolute Gasteiger partial charge is 0.359 e. The van der Waals surface area contributed by atoms with E-state index in [1.807, 2.05) is 18.2 Å². The van der Waals surface area contributed by atoms with Crippen LogP contribution in [0.2, 0.25) is 0 Å². The van der Waals surface area contributed by atoms with E-state index in [1.165, 1.54) is 12.3 Å². The van der Waals surface area contributed by atoms with Crippen molar-refractivity contribution in [2.45, 2.75) is 18.8 Å². The highest BCUT2D eigenvalue weighted by molar-refractivity contribution is 5.94. The number of amides is 1. The number of carbonyl (C=O) groups excluding carboxylic acids is 1. The standard InChI is InChI=1S/C19H17FN4O3/c20-16-11-13(8-9-21-16)18(25)24-10-4-5-14(12-24)17-22-19(23-27-17)26-15-6-2-1-3-7-15/h1-3,6-9,11,14H,4-5,10,12H2/t14-/m0/s1. The Morgan fingerprint density at radius 1 is 1.26 bits per heavy atom. The van der Waals surface area contributed by atoms with Crippen LogP contribution in [0.25, 0.3) is 0 Å². The van der Waals surface area contributed by atoms with Gasteiger partial charge in [-0.15, -0.1) is 0 Å². The molecule has 1 saturated heterocycles. The van der Waals surface area contributed by atoms with Crippen molar-refractivity contribution < 1.29 is 18.4 Å². The van der Waals surface area contributed by atoms with Crippen molar-refractivity contribution in [1.82, 2.24) is 20.0 Å². The lowest BCUT2D eigenvalue weighted by atomic mass is 9.97. The van der Waals surface area contributed by atoms with E-state index >= 15 is 0 Å². The van der Waals surface area contributed by atoms with E-state index in [2.05, 4.69) is 15.1 Å². The number of hydrogen-bond donors (Lipinski definition) is 0. The Morgan fingerprint density at radius 3 is 2.93 bits per heavy atom. The van der Waals surface area contributed by atoms with Gasteiger partial charge >= 0.3 is 6.01 Å². The van der Waals surface area contributed by atoms with Crippen LogP contribution >= 0.6 is 0 Å². The van der Waals surface area contributed by atoms with Crippen molar-refractivity contribution in [1.29, 1.82) is 0 Å². The molecule has 4 rings (SSSR count). The third kappa shape index (κ3) is 3.94. The summed E-state index contributed by atoms with van der Waals surface area (Å²) in [4.78, 5) is 22.1. The fourth-order valence-electron chi connectivity index (χ4n) is 3.10. The largest absolute Gasteiger partial charge is 0.422 e. The molecule has 0 spiro atoms. The highest BCUT2D eigenvalue weighted by atomic mass is 19.1. The first-order valence-corrected chi connectivity index (χ1v) is 8.66. The van der Waals surface area contributed by atoms with Gasteiger partial charge in [-0.05, 0) is 36.2 Å². The average Bonchev–Trinajstić information content (AvgIpc) is 3.17. The zero-order chi connectivity index (χ0) is 18.6. The summed E-state index contributed by atoms with van der Waals surface area (Å²) in [5.74, 6) is 0.0506. The van der Waals surface area contributed by atoms with E-state index in [0.29, 0.717) is 24.7 Å². The quantitative estimate of drug-likeness (QED) is 0.657. The Kier molecular flexibility index (Phi) is 4.78. The van der Waals surface area contributed by atoms with Crippen molar-refractivity contribution in [3.63, 3.8) is 0 Å². The summed E-state index contributed by atoms with van der Waals surface area (Å²) in [6.07, 6.45) is 2.90. The van der Waals surface area contributed by atoms with Crippen LogP contribution in [0.15, 0.2) is 53.2 Å². The minimum atomic E-state index is -0.672. The minimum absolute atomic E-state index is 0.0880. The topological polar surface area (TPSA) is 81.4 Å². The number of nitrogens with zero attached hydrogens (tertiary/aromatic N) is 4. The molecule has 8 heteroatoms. The number of hydrogen-bond acceptors (Lipinski definition) is 6. The highest BCUT2D eigenvalue weighted by Crippen LogP contribution is 2.28. The first-order chi connectivity index (χ1) is 13.2. The van der Waals surface area contributed by atoms with Gasteiger partial charge in [0.2, 0.25) is 11.8 Å². The molecule has 0 radical (unpaired) electrons. The van der Waals surface area contributed by atoms with Gasteiger partial charge in [0.1, 0.15) is 5.75 Å². The van der Waals surface area contributed by atoms with Crippen molar-refractivity contribution >= 4 is 5.91 Å². The van der Waals surface area contributed by atoms with Crippen LogP contribution in [-0.2, 0) is 0 Å². The molecule has 1 amide bonds. The van der Waals surface area contributed by atoms with Crippen molar-refractivity contribution in [3.05, 3.63) is 66.1 Å². The van der Waals surface area contributed by atoms with Crippen LogP contribution in [0.4, 0.5) is 4.39 Å². The Hall–Kier alpha value is -3.29. The van der Waals surface area contributed by atoms with E-state index in [-0.39, 0.29) is 23.4 Å². The van der Waals surface area contributed by atoms with Crippen molar-refractivity contribution in [2.24, 2.45) is 0 Å². The molecule has 3 aromatic rings. The molecule has 0 unspecified atom stereocenters. The summed E-state index contributed by atoms with van der Waals surface area (Å²) in [7, 11) is 0. The summed E-state index contributed by atoms with van der Waals surface area (Å²) in [5.41, 5.74) is 0.279. The number of piperidine rings is 1. The van der Waals surface area contributed by atoms with Gasteiger partial charge in [-0.3, -0.25) is 4.79 Å². The monoisotopic (exact) mass is 368 g/mol. The van der Waals surface area contributed by atoms with Crippen LogP contribution in [0.3, 0.4) is 0 Å². The lowest BCUT2D eigenvalue weighted by Crippen LogP contribution is -2.39. The average molecular weight is 368 g/mol. The maximum Gasteiger partial charge on any atom is 0.359 e. The number of pyridine rings is 1. The third-order valence-corrected chi connectivity index (χ3v) is 4.41. The van der Waals surface area contributed by atoms with Crippen LogP contribution < -0.4 is 4.74 Å². The van der Waals surface area contributed by atoms with Gasteiger partial charge in [0, 0.05) is 30.9 Å². The first-order valence-electron chi connectivity index (χ1n) is 8.66. The number of aromatic nitrogens is 3. The predicted octanol–water partition coefficient (Wildman–Crippen LogP) is 3.42. The second-order valence-corrected chi connectivity index (χ2v) is 6.29. The van der Waals surface area contributed by atoms with Gasteiger partial charge in [-0.25, -0.2) is 4.98 Å². The fourth-order valence-corrected chi connectivity index (χ4v) is 3.10. The molecule has 1 atom stereocenters. The summed E-state index contributed by atoms with van der Waals surface area (Å²) in [5, 5.41) is 3.86. The van der Waals surface area contributed by atoms with E-state index in [4.69, 9.17) is 9.26 Å². The summed E-state index contributed by atoms with van der Waals surface area (Å²) in [6, 6.07) is 12.0. The van der Waals surface area contributed by atoms with E-state index in [1.54, 1.807) is 17.0 Å². The van der Waals surface area contributed by atoms with E-state index in [9.17, 15) is 9.18 Å². The zero-order valence-corrected chi connectivity index (χ0v) is 14.4. The molecule has 2 aromatic heterocycles. The van der Waals surface area contributed by atoms with Crippen LogP contribution in [0.5, 0.6) is 11.8 Å². The third-order valence-electron chi connectivity index (χ3n) is 4.41. The number of para-hydroxylation sites is 1. The molecule has 3 heterocycles. The Balaban J connectivity index is 1.45. The zero-order valence-electron chi connectivity index (χ0n) is 14.4. The number of rotatable bonds is 4. The number of carbonyl (C=O) groups is 1. The SMILES string of the molecule is O=C(c1ccnc(F)c1)N1CCC[C@H](c2nc(Oc3ccccc3)no2)C1. The van der Waals surface area contributed by atoms with Gasteiger partial charge in [0.05, 0.1) is 5.92 Å². The Labute approximate surface area is 154 Å². The molecular weight excluding hydrogens is 351 g/mol. The Bertz CT molecular complexity index is 931. The van der Waals surface area contributed by atoms with Gasteiger partial charge in [0.25, 0.3) is 5.91 Å². The highest BCUT2D eigenvalue weighted by Gasteiger charge is 2.29. The number of ether oxygens (including phenoxy) is 1. The summed E-state index contributed by atoms with van der Waals surface area (Å²) < 4.78 is 24.2. The molecule has 0 bridgehead atoms. The van der Waals surface area contributed by atoms with Crippen LogP contribution in [0, 0.1) is 5.95 Å². The molecule has 1 aromatic carbocycles. The molecule has 138 valence electrons. The second kappa shape index (κ2) is 7.53. The molecule has 0 N–H and O–H groups in total. The molecule has 1 aliphatic rings. The van der Waals surface area contributed by atoms with Gasteiger partial charge in [-0.1, -0.05) is 18.2 Å². The fraction of sp³-hybridized carbons (Fsp3) is 0.263. The van der Waals surface area contributed by atoms with Crippen molar-refractivity contribution in [3.8, 4) is 11.8 Å². The lowest BCUT2D eigenvalue weighted by Gasteiger charge is -2.31. The summed E-state index contributed by atoms with van der Waals surface area (Å²) >= 11 is 0. The lowest BCUT2D eigenvalue weighted by molar-refractivity contribution is 0.0695. The summed E-state index contributed by atoms with van der Waals surface area (Å²) in [6.45, 7) is 1.02.